The molecule has 3 amide bonds. The summed E-state index contributed by atoms with van der Waals surface area (Å²) in [5.74, 6) is 0.855. The molecule has 0 radical (unpaired) electrons. The summed E-state index contributed by atoms with van der Waals surface area (Å²) in [5, 5.41) is 17.4. The van der Waals surface area contributed by atoms with Gasteiger partial charge in [-0.25, -0.2) is 19.6 Å². The first kappa shape index (κ1) is 22.1. The molecule has 1 atom stereocenters. The number of urea groups is 1. The Kier molecular flexibility index (Phi) is 7.11. The van der Waals surface area contributed by atoms with Crippen LogP contribution in [-0.4, -0.2) is 63.8 Å². The van der Waals surface area contributed by atoms with E-state index in [0.717, 1.165) is 10.6 Å². The van der Waals surface area contributed by atoms with Crippen molar-refractivity contribution in [1.82, 2.24) is 19.9 Å². The molecule has 0 aromatic carbocycles. The van der Waals surface area contributed by atoms with Crippen molar-refractivity contribution < 1.29 is 14.7 Å². The molecular weight excluding hydrogens is 418 g/mol. The van der Waals surface area contributed by atoms with Crippen LogP contribution in [0, 0.1) is 0 Å². The van der Waals surface area contributed by atoms with Gasteiger partial charge in [0.05, 0.1) is 6.04 Å². The normalized spacial score (nSPS) is 11.7. The Bertz CT molecular complexity index is 1040. The Morgan fingerprint density at radius 1 is 1.10 bits per heavy atom. The predicted octanol–water partition coefficient (Wildman–Crippen LogP) is 3.68. The van der Waals surface area contributed by atoms with Crippen LogP contribution >= 0.6 is 11.3 Å². The fourth-order valence-electron chi connectivity index (χ4n) is 2.97. The Morgan fingerprint density at radius 2 is 1.81 bits per heavy atom. The molecule has 162 valence electrons. The lowest BCUT2D eigenvalue weighted by Gasteiger charge is -2.27. The van der Waals surface area contributed by atoms with Crippen molar-refractivity contribution in [3.05, 3.63) is 48.1 Å². The first-order valence-corrected chi connectivity index (χ1v) is 10.3. The van der Waals surface area contributed by atoms with Gasteiger partial charge in [-0.15, -0.1) is 11.3 Å². The number of carboxylic acid groups (broad SMARTS) is 1. The number of rotatable bonds is 7. The average molecular weight is 442 g/mol. The van der Waals surface area contributed by atoms with Gasteiger partial charge in [-0.2, -0.15) is 0 Å². The number of anilines is 3. The molecule has 0 aliphatic rings. The highest BCUT2D eigenvalue weighted by molar-refractivity contribution is 7.13. The summed E-state index contributed by atoms with van der Waals surface area (Å²) in [6.45, 7) is 2.32. The largest absolute Gasteiger partial charge is 0.465 e. The van der Waals surface area contributed by atoms with Crippen molar-refractivity contribution in [1.29, 1.82) is 0 Å². The van der Waals surface area contributed by atoms with E-state index < -0.39 is 12.1 Å². The van der Waals surface area contributed by atoms with Crippen LogP contribution in [0.2, 0.25) is 0 Å². The molecule has 0 saturated carbocycles. The van der Waals surface area contributed by atoms with Crippen LogP contribution in [0.1, 0.15) is 6.92 Å². The molecule has 0 aliphatic carbocycles. The number of aromatic nitrogens is 3. The summed E-state index contributed by atoms with van der Waals surface area (Å²) in [6, 6.07) is 7.63. The highest BCUT2D eigenvalue weighted by Crippen LogP contribution is 2.25. The van der Waals surface area contributed by atoms with Gasteiger partial charge in [-0.3, -0.25) is 20.5 Å². The molecule has 3 heterocycles. The van der Waals surface area contributed by atoms with Gasteiger partial charge in [0.1, 0.15) is 22.5 Å². The van der Waals surface area contributed by atoms with Crippen LogP contribution in [0.25, 0.3) is 10.6 Å². The summed E-state index contributed by atoms with van der Waals surface area (Å²) in [7, 11) is 3.73. The van der Waals surface area contributed by atoms with E-state index in [4.69, 9.17) is 0 Å². The summed E-state index contributed by atoms with van der Waals surface area (Å²) in [6.07, 6.45) is 2.24. The minimum atomic E-state index is -1.12. The Hall–Kier alpha value is -3.57. The number of amides is 3. The maximum absolute atomic E-state index is 12.4. The standard InChI is InChI=1S/C20H23N7O3S/c1-13(11-26(2)3)27(20(29)30)17-6-4-5-15(22-17)24-19(28)25-16-12-31-18(23-16)14-7-9-21-10-8-14/h4-10,12-13H,11H2,1-3H3,(H,29,30)(H2,22,24,25,28). The van der Waals surface area contributed by atoms with E-state index in [1.165, 1.54) is 16.2 Å². The van der Waals surface area contributed by atoms with Gasteiger partial charge in [0.25, 0.3) is 0 Å². The summed E-state index contributed by atoms with van der Waals surface area (Å²) in [5.41, 5.74) is 0.906. The van der Waals surface area contributed by atoms with E-state index in [0.29, 0.717) is 12.4 Å². The number of thiazole rings is 1. The zero-order chi connectivity index (χ0) is 22.4. The Balaban J connectivity index is 1.68. The SMILES string of the molecule is CC(CN(C)C)N(C(=O)O)c1cccc(NC(=O)Nc2csc(-c3ccncc3)n2)n1. The molecule has 0 bridgehead atoms. The fraction of sp³-hybridized carbons (Fsp3) is 0.250. The average Bonchev–Trinajstić information content (AvgIpc) is 3.16. The van der Waals surface area contributed by atoms with Gasteiger partial charge in [0.15, 0.2) is 0 Å². The molecule has 10 nitrogen and oxygen atoms in total. The van der Waals surface area contributed by atoms with Crippen LogP contribution in [-0.2, 0) is 0 Å². The number of likely N-dealkylation sites (N-methyl/N-ethyl adjacent to an activating group) is 1. The van der Waals surface area contributed by atoms with Gasteiger partial charge in [-0.1, -0.05) is 6.07 Å². The number of pyridine rings is 2. The maximum Gasteiger partial charge on any atom is 0.413 e. The quantitative estimate of drug-likeness (QED) is 0.511. The predicted molar refractivity (Wildman–Crippen MR) is 121 cm³/mol. The van der Waals surface area contributed by atoms with Crippen LogP contribution in [0.5, 0.6) is 0 Å². The van der Waals surface area contributed by atoms with Crippen molar-refractivity contribution in [2.24, 2.45) is 0 Å². The number of carbonyl (C=O) groups excluding carboxylic acids is 1. The summed E-state index contributed by atoms with van der Waals surface area (Å²) < 4.78 is 0. The van der Waals surface area contributed by atoms with E-state index in [-0.39, 0.29) is 17.7 Å². The maximum atomic E-state index is 12.4. The zero-order valence-electron chi connectivity index (χ0n) is 17.3. The molecule has 0 fully saturated rings. The van der Waals surface area contributed by atoms with Crippen molar-refractivity contribution in [3.8, 4) is 10.6 Å². The van der Waals surface area contributed by atoms with Gasteiger partial charge >= 0.3 is 12.1 Å². The third-order valence-electron chi connectivity index (χ3n) is 4.17. The monoisotopic (exact) mass is 441 g/mol. The minimum absolute atomic E-state index is 0.225. The van der Waals surface area contributed by atoms with E-state index in [1.54, 1.807) is 42.9 Å². The van der Waals surface area contributed by atoms with Crippen molar-refractivity contribution in [2.45, 2.75) is 13.0 Å². The van der Waals surface area contributed by atoms with Crippen LogP contribution in [0.4, 0.5) is 27.0 Å². The molecular formula is C20H23N7O3S. The van der Waals surface area contributed by atoms with Crippen LogP contribution < -0.4 is 15.5 Å². The van der Waals surface area contributed by atoms with Crippen molar-refractivity contribution >= 4 is 40.9 Å². The second kappa shape index (κ2) is 9.96. The first-order valence-electron chi connectivity index (χ1n) is 9.41. The molecule has 3 aromatic heterocycles. The van der Waals surface area contributed by atoms with Gasteiger partial charge in [-0.05, 0) is 45.3 Å². The molecule has 1 unspecified atom stereocenters. The molecule has 0 aliphatic heterocycles. The smallest absolute Gasteiger partial charge is 0.413 e. The molecule has 11 heteroatoms. The molecule has 3 N–H and O–H groups in total. The third kappa shape index (κ3) is 5.96. The Morgan fingerprint density at radius 3 is 2.48 bits per heavy atom. The number of hydrogen-bond acceptors (Lipinski definition) is 7. The highest BCUT2D eigenvalue weighted by atomic mass is 32.1. The molecule has 31 heavy (non-hydrogen) atoms. The molecule has 3 rings (SSSR count). The number of hydrogen-bond donors (Lipinski definition) is 3. The Labute approximate surface area is 183 Å². The first-order chi connectivity index (χ1) is 14.8. The molecule has 0 spiro atoms. The van der Waals surface area contributed by atoms with Crippen molar-refractivity contribution in [2.75, 3.05) is 36.2 Å². The molecule has 3 aromatic rings. The van der Waals surface area contributed by atoms with Gasteiger partial charge in [0.2, 0.25) is 0 Å². The van der Waals surface area contributed by atoms with Crippen LogP contribution in [0.3, 0.4) is 0 Å². The van der Waals surface area contributed by atoms with Gasteiger partial charge < -0.3 is 10.0 Å². The lowest BCUT2D eigenvalue weighted by atomic mass is 10.2. The van der Waals surface area contributed by atoms with E-state index in [1.807, 2.05) is 31.1 Å². The lowest BCUT2D eigenvalue weighted by Crippen LogP contribution is -2.43. The minimum Gasteiger partial charge on any atom is -0.465 e. The fourth-order valence-corrected chi connectivity index (χ4v) is 3.73. The van der Waals surface area contributed by atoms with E-state index in [2.05, 4.69) is 25.6 Å². The summed E-state index contributed by atoms with van der Waals surface area (Å²) in [4.78, 5) is 39.9. The second-order valence-electron chi connectivity index (χ2n) is 7.00. The number of nitrogens with zero attached hydrogens (tertiary/aromatic N) is 5. The lowest BCUT2D eigenvalue weighted by molar-refractivity contribution is 0.197. The van der Waals surface area contributed by atoms with E-state index >= 15 is 0 Å². The number of nitrogens with one attached hydrogen (secondary N) is 2. The zero-order valence-corrected chi connectivity index (χ0v) is 18.1. The third-order valence-corrected chi connectivity index (χ3v) is 5.06. The topological polar surface area (TPSA) is 124 Å². The number of carbonyl (C=O) groups is 2. The van der Waals surface area contributed by atoms with Crippen LogP contribution in [0.15, 0.2) is 48.1 Å². The molecule has 0 saturated heterocycles. The highest BCUT2D eigenvalue weighted by Gasteiger charge is 2.23. The van der Waals surface area contributed by atoms with E-state index in [9.17, 15) is 14.7 Å². The second-order valence-corrected chi connectivity index (χ2v) is 7.86. The van der Waals surface area contributed by atoms with Gasteiger partial charge in [0, 0.05) is 29.9 Å². The van der Waals surface area contributed by atoms with Crippen molar-refractivity contribution in [3.63, 3.8) is 0 Å². The summed E-state index contributed by atoms with van der Waals surface area (Å²) >= 11 is 1.40.